The first-order chi connectivity index (χ1) is 13.1. The maximum atomic E-state index is 13.2. The van der Waals surface area contributed by atoms with Gasteiger partial charge in [0.1, 0.15) is 18.2 Å². The highest BCUT2D eigenvalue weighted by molar-refractivity contribution is 14.0. The molecule has 2 N–H and O–H groups in total. The molecule has 0 saturated heterocycles. The van der Waals surface area contributed by atoms with Gasteiger partial charge in [-0.15, -0.1) is 24.0 Å². The van der Waals surface area contributed by atoms with Gasteiger partial charge in [0, 0.05) is 32.0 Å². The first kappa shape index (κ1) is 22.3. The zero-order valence-electron chi connectivity index (χ0n) is 15.9. The van der Waals surface area contributed by atoms with Gasteiger partial charge in [0.05, 0.1) is 13.1 Å². The normalized spacial score (nSPS) is 16.1. The minimum atomic E-state index is -0.922. The first-order valence-electron chi connectivity index (χ1n) is 9.06. The summed E-state index contributed by atoms with van der Waals surface area (Å²) in [4.78, 5) is 8.73. The lowest BCUT2D eigenvalue weighted by atomic mass is 10.1. The van der Waals surface area contributed by atoms with Crippen molar-refractivity contribution in [2.75, 3.05) is 20.2 Å². The lowest BCUT2D eigenvalue weighted by Crippen LogP contribution is -2.47. The summed E-state index contributed by atoms with van der Waals surface area (Å²) in [6.07, 6.45) is 2.66. The number of halogens is 3. The van der Waals surface area contributed by atoms with Crippen LogP contribution in [0.4, 0.5) is 8.78 Å². The van der Waals surface area contributed by atoms with Crippen molar-refractivity contribution in [2.45, 2.75) is 38.8 Å². The van der Waals surface area contributed by atoms with Crippen molar-refractivity contribution in [1.29, 1.82) is 0 Å². The molecule has 1 atom stereocenters. The number of aliphatic imine (C=N–C) groups is 1. The van der Waals surface area contributed by atoms with Crippen LogP contribution >= 0.6 is 24.0 Å². The Balaban J connectivity index is 0.00000280. The molecule has 1 aliphatic rings. The SMILES string of the molecule is CCc1nc2n(n1)CC(NC(=NC)NCCOc1ccc(F)c(F)c1)CC2.I. The van der Waals surface area contributed by atoms with E-state index in [-0.39, 0.29) is 35.8 Å². The molecule has 2 heterocycles. The molecule has 1 aromatic heterocycles. The van der Waals surface area contributed by atoms with Crippen molar-refractivity contribution >= 4 is 29.9 Å². The number of ether oxygens (including phenoxy) is 1. The summed E-state index contributed by atoms with van der Waals surface area (Å²) in [7, 11) is 1.70. The number of aryl methyl sites for hydroxylation is 2. The van der Waals surface area contributed by atoms with E-state index in [4.69, 9.17) is 4.74 Å². The zero-order valence-corrected chi connectivity index (χ0v) is 18.2. The average Bonchev–Trinajstić information content (AvgIpc) is 3.09. The molecule has 0 aliphatic carbocycles. The third kappa shape index (κ3) is 5.76. The Bertz CT molecular complexity index is 813. The van der Waals surface area contributed by atoms with Gasteiger partial charge in [-0.2, -0.15) is 5.10 Å². The van der Waals surface area contributed by atoms with Crippen LogP contribution < -0.4 is 15.4 Å². The Kier molecular flexibility index (Phi) is 8.39. The van der Waals surface area contributed by atoms with Crippen molar-refractivity contribution in [3.63, 3.8) is 0 Å². The number of hydrogen-bond donors (Lipinski definition) is 2. The van der Waals surface area contributed by atoms with Crippen LogP contribution in [0.1, 0.15) is 25.0 Å². The van der Waals surface area contributed by atoms with Gasteiger partial charge in [-0.1, -0.05) is 6.92 Å². The molecular weight excluding hydrogens is 481 g/mol. The number of fused-ring (bicyclic) bond motifs is 1. The molecule has 2 aromatic rings. The first-order valence-corrected chi connectivity index (χ1v) is 9.06. The molecular formula is C18H25F2IN6O. The second-order valence-electron chi connectivity index (χ2n) is 6.28. The number of benzene rings is 1. The number of nitrogens with one attached hydrogen (secondary N) is 2. The van der Waals surface area contributed by atoms with Crippen LogP contribution in [0.15, 0.2) is 23.2 Å². The van der Waals surface area contributed by atoms with Gasteiger partial charge >= 0.3 is 0 Å². The summed E-state index contributed by atoms with van der Waals surface area (Å²) in [6.45, 7) is 3.56. The Hall–Kier alpha value is -1.98. The average molecular weight is 506 g/mol. The molecule has 0 bridgehead atoms. The number of rotatable bonds is 6. The molecule has 7 nitrogen and oxygen atoms in total. The topological polar surface area (TPSA) is 76.4 Å². The predicted octanol–water partition coefficient (Wildman–Crippen LogP) is 2.30. The lowest BCUT2D eigenvalue weighted by molar-refractivity contribution is 0.317. The highest BCUT2D eigenvalue weighted by atomic mass is 127. The minimum absolute atomic E-state index is 0. The van der Waals surface area contributed by atoms with E-state index in [0.29, 0.717) is 19.1 Å². The summed E-state index contributed by atoms with van der Waals surface area (Å²) in [5, 5.41) is 11.0. The van der Waals surface area contributed by atoms with E-state index in [1.54, 1.807) is 7.05 Å². The van der Waals surface area contributed by atoms with Gasteiger partial charge in [0.15, 0.2) is 23.4 Å². The summed E-state index contributed by atoms with van der Waals surface area (Å²) in [6, 6.07) is 3.69. The van der Waals surface area contributed by atoms with Gasteiger partial charge in [0.2, 0.25) is 0 Å². The number of nitrogens with zero attached hydrogens (tertiary/aromatic N) is 4. The van der Waals surface area contributed by atoms with Crippen LogP contribution in [-0.2, 0) is 19.4 Å². The fourth-order valence-corrected chi connectivity index (χ4v) is 2.92. The van der Waals surface area contributed by atoms with Crippen molar-refractivity contribution in [1.82, 2.24) is 25.4 Å². The summed E-state index contributed by atoms with van der Waals surface area (Å²) < 4.78 is 33.4. The Morgan fingerprint density at radius 2 is 2.18 bits per heavy atom. The fraction of sp³-hybridized carbons (Fsp3) is 0.500. The summed E-state index contributed by atoms with van der Waals surface area (Å²) in [5.41, 5.74) is 0. The maximum absolute atomic E-state index is 13.2. The van der Waals surface area contributed by atoms with E-state index >= 15 is 0 Å². The summed E-state index contributed by atoms with van der Waals surface area (Å²) >= 11 is 0. The fourth-order valence-electron chi connectivity index (χ4n) is 2.92. The molecule has 0 spiro atoms. The lowest BCUT2D eigenvalue weighted by Gasteiger charge is -2.25. The molecule has 1 aromatic carbocycles. The van der Waals surface area contributed by atoms with Crippen LogP contribution in [0.2, 0.25) is 0 Å². The Morgan fingerprint density at radius 3 is 2.89 bits per heavy atom. The number of hydrogen-bond acceptors (Lipinski definition) is 4. The summed E-state index contributed by atoms with van der Waals surface area (Å²) in [5.74, 6) is 1.05. The van der Waals surface area contributed by atoms with Gasteiger partial charge in [-0.05, 0) is 18.6 Å². The van der Waals surface area contributed by atoms with Gasteiger partial charge in [0.25, 0.3) is 0 Å². The predicted molar refractivity (Wildman–Crippen MR) is 113 cm³/mol. The Morgan fingerprint density at radius 1 is 1.36 bits per heavy atom. The number of guanidine groups is 1. The van der Waals surface area contributed by atoms with Crippen molar-refractivity contribution in [3.05, 3.63) is 41.5 Å². The molecule has 10 heteroatoms. The van der Waals surface area contributed by atoms with E-state index in [0.717, 1.165) is 49.6 Å². The molecule has 0 fully saturated rings. The van der Waals surface area contributed by atoms with Crippen molar-refractivity contribution < 1.29 is 13.5 Å². The van der Waals surface area contributed by atoms with E-state index in [1.165, 1.54) is 6.07 Å². The second-order valence-corrected chi connectivity index (χ2v) is 6.28. The van der Waals surface area contributed by atoms with Gasteiger partial charge in [-0.3, -0.25) is 4.99 Å². The monoisotopic (exact) mass is 506 g/mol. The van der Waals surface area contributed by atoms with Crippen molar-refractivity contribution in [2.24, 2.45) is 4.99 Å². The van der Waals surface area contributed by atoms with Crippen LogP contribution in [-0.4, -0.2) is 47.0 Å². The quantitative estimate of drug-likeness (QED) is 0.272. The molecule has 1 unspecified atom stereocenters. The molecule has 1 aliphatic heterocycles. The van der Waals surface area contributed by atoms with Gasteiger partial charge in [-0.25, -0.2) is 18.4 Å². The molecule has 0 radical (unpaired) electrons. The van der Waals surface area contributed by atoms with Crippen LogP contribution in [0.5, 0.6) is 5.75 Å². The Labute approximate surface area is 180 Å². The molecule has 154 valence electrons. The third-order valence-electron chi connectivity index (χ3n) is 4.34. The van der Waals surface area contributed by atoms with E-state index in [2.05, 4.69) is 25.7 Å². The second kappa shape index (κ2) is 10.5. The highest BCUT2D eigenvalue weighted by Crippen LogP contribution is 2.15. The molecule has 0 amide bonds. The maximum Gasteiger partial charge on any atom is 0.191 e. The minimum Gasteiger partial charge on any atom is -0.492 e. The van der Waals surface area contributed by atoms with E-state index in [1.807, 2.05) is 11.6 Å². The molecule has 28 heavy (non-hydrogen) atoms. The van der Waals surface area contributed by atoms with Crippen LogP contribution in [0.3, 0.4) is 0 Å². The van der Waals surface area contributed by atoms with Gasteiger partial charge < -0.3 is 15.4 Å². The van der Waals surface area contributed by atoms with E-state index in [9.17, 15) is 8.78 Å². The largest absolute Gasteiger partial charge is 0.492 e. The smallest absolute Gasteiger partial charge is 0.191 e. The van der Waals surface area contributed by atoms with Crippen LogP contribution in [0, 0.1) is 11.6 Å². The standard InChI is InChI=1S/C18H24F2N6O.HI/c1-3-16-24-17-7-4-12(11-26(17)25-16)23-18(21-2)22-8-9-27-13-5-6-14(19)15(20)10-13;/h5-6,10,12H,3-4,7-9,11H2,1-2H3,(H2,21,22,23);1H. The molecule has 3 rings (SSSR count). The molecule has 0 saturated carbocycles. The highest BCUT2D eigenvalue weighted by Gasteiger charge is 2.21. The van der Waals surface area contributed by atoms with Crippen LogP contribution in [0.25, 0.3) is 0 Å². The zero-order chi connectivity index (χ0) is 19.2. The third-order valence-corrected chi connectivity index (χ3v) is 4.34. The van der Waals surface area contributed by atoms with E-state index < -0.39 is 11.6 Å². The number of aromatic nitrogens is 3. The van der Waals surface area contributed by atoms with Crippen molar-refractivity contribution in [3.8, 4) is 5.75 Å².